The molecule has 1 aromatic heterocycles. The fraction of sp³-hybridized carbons (Fsp3) is 0.643. The highest BCUT2D eigenvalue weighted by atomic mass is 35.5. The van der Waals surface area contributed by atoms with E-state index in [9.17, 15) is 4.79 Å². The van der Waals surface area contributed by atoms with Crippen LogP contribution in [0.5, 0.6) is 0 Å². The van der Waals surface area contributed by atoms with Crippen LogP contribution in [-0.4, -0.2) is 39.7 Å². The first kappa shape index (κ1) is 15.0. The molecule has 2 heterocycles. The lowest BCUT2D eigenvalue weighted by molar-refractivity contribution is 0.0197. The Labute approximate surface area is 124 Å². The molecule has 1 aliphatic heterocycles. The third kappa shape index (κ3) is 3.82. The van der Waals surface area contributed by atoms with Crippen molar-refractivity contribution in [2.45, 2.75) is 45.1 Å². The van der Waals surface area contributed by atoms with Crippen molar-refractivity contribution in [3.63, 3.8) is 0 Å². The molecule has 0 N–H and O–H groups in total. The summed E-state index contributed by atoms with van der Waals surface area (Å²) in [5.41, 5.74) is 0.288. The number of piperidine rings is 1. The summed E-state index contributed by atoms with van der Waals surface area (Å²) in [4.78, 5) is 22.2. The van der Waals surface area contributed by atoms with E-state index in [1.54, 1.807) is 17.3 Å². The second-order valence-corrected chi connectivity index (χ2v) is 6.36. The highest BCUT2D eigenvalue weighted by molar-refractivity contribution is 6.30. The van der Waals surface area contributed by atoms with Gasteiger partial charge in [0.1, 0.15) is 5.60 Å². The molecular weight excluding hydrogens is 278 g/mol. The molecule has 0 aliphatic carbocycles. The first-order valence-electron chi connectivity index (χ1n) is 6.81. The molecule has 0 radical (unpaired) electrons. The van der Waals surface area contributed by atoms with E-state index in [1.165, 1.54) is 0 Å². The molecule has 1 saturated heterocycles. The summed E-state index contributed by atoms with van der Waals surface area (Å²) in [6.07, 6.45) is 4.80. The second kappa shape index (κ2) is 5.95. The lowest BCUT2D eigenvalue weighted by Gasteiger charge is -2.33. The zero-order chi connectivity index (χ0) is 14.8. The summed E-state index contributed by atoms with van der Waals surface area (Å²) in [6, 6.07) is 0. The molecule has 1 aromatic rings. The molecule has 6 heteroatoms. The van der Waals surface area contributed by atoms with Crippen LogP contribution in [0.1, 0.15) is 45.2 Å². The number of halogens is 1. The fourth-order valence-electron chi connectivity index (χ4n) is 2.30. The van der Waals surface area contributed by atoms with Crippen molar-refractivity contribution in [2.24, 2.45) is 0 Å². The average Bonchev–Trinajstić information content (AvgIpc) is 2.37. The van der Waals surface area contributed by atoms with Gasteiger partial charge in [0.2, 0.25) is 0 Å². The van der Waals surface area contributed by atoms with Crippen molar-refractivity contribution in [3.05, 3.63) is 23.2 Å². The minimum atomic E-state index is -0.478. The van der Waals surface area contributed by atoms with Gasteiger partial charge in [0.15, 0.2) is 5.15 Å². The van der Waals surface area contributed by atoms with Gasteiger partial charge >= 0.3 is 6.09 Å². The summed E-state index contributed by atoms with van der Waals surface area (Å²) < 4.78 is 5.41. The Morgan fingerprint density at radius 2 is 2.10 bits per heavy atom. The third-order valence-electron chi connectivity index (χ3n) is 3.14. The van der Waals surface area contributed by atoms with Crippen molar-refractivity contribution in [2.75, 3.05) is 13.1 Å². The number of hydrogen-bond acceptors (Lipinski definition) is 4. The maximum Gasteiger partial charge on any atom is 0.410 e. The quantitative estimate of drug-likeness (QED) is 0.798. The van der Waals surface area contributed by atoms with E-state index in [-0.39, 0.29) is 12.0 Å². The Morgan fingerprint density at radius 3 is 2.75 bits per heavy atom. The number of aromatic nitrogens is 2. The normalized spacial score (nSPS) is 19.8. The van der Waals surface area contributed by atoms with Crippen LogP contribution in [-0.2, 0) is 4.74 Å². The van der Waals surface area contributed by atoms with Crippen LogP contribution in [0.4, 0.5) is 4.79 Å². The van der Waals surface area contributed by atoms with E-state index in [4.69, 9.17) is 16.3 Å². The first-order valence-corrected chi connectivity index (χ1v) is 7.19. The molecule has 5 nitrogen and oxygen atoms in total. The molecule has 1 unspecified atom stereocenters. The molecule has 1 atom stereocenters. The standard InChI is InChI=1S/C14H20ClN3O2/c1-14(2,3)20-13(19)18-8-4-5-10(9-18)11-12(15)17-7-6-16-11/h6-7,10H,4-5,8-9H2,1-3H3. The molecule has 110 valence electrons. The van der Waals surface area contributed by atoms with Crippen LogP contribution in [0, 0.1) is 0 Å². The van der Waals surface area contributed by atoms with Gasteiger partial charge in [-0.2, -0.15) is 0 Å². The zero-order valence-corrected chi connectivity index (χ0v) is 12.9. The summed E-state index contributed by atoms with van der Waals surface area (Å²) >= 11 is 6.08. The number of carbonyl (C=O) groups is 1. The summed E-state index contributed by atoms with van der Waals surface area (Å²) in [5.74, 6) is 0.123. The van der Waals surface area contributed by atoms with Crippen LogP contribution in [0.2, 0.25) is 5.15 Å². The molecule has 1 fully saturated rings. The van der Waals surface area contributed by atoms with Gasteiger partial charge in [0.25, 0.3) is 0 Å². The number of carbonyl (C=O) groups excluding carboxylic acids is 1. The van der Waals surface area contributed by atoms with Gasteiger partial charge in [-0.1, -0.05) is 11.6 Å². The van der Waals surface area contributed by atoms with Gasteiger partial charge in [0.05, 0.1) is 5.69 Å². The topological polar surface area (TPSA) is 55.3 Å². The van der Waals surface area contributed by atoms with Crippen LogP contribution >= 0.6 is 11.6 Å². The lowest BCUT2D eigenvalue weighted by Crippen LogP contribution is -2.42. The van der Waals surface area contributed by atoms with E-state index in [0.29, 0.717) is 18.2 Å². The minimum absolute atomic E-state index is 0.123. The van der Waals surface area contributed by atoms with E-state index >= 15 is 0 Å². The highest BCUT2D eigenvalue weighted by Gasteiger charge is 2.30. The number of ether oxygens (including phenoxy) is 1. The number of amides is 1. The predicted octanol–water partition coefficient (Wildman–Crippen LogP) is 3.24. The molecule has 0 bridgehead atoms. The Kier molecular flexibility index (Phi) is 4.48. The maximum absolute atomic E-state index is 12.1. The molecule has 1 amide bonds. The van der Waals surface area contributed by atoms with E-state index in [2.05, 4.69) is 9.97 Å². The maximum atomic E-state index is 12.1. The van der Waals surface area contributed by atoms with Crippen LogP contribution in [0.3, 0.4) is 0 Å². The third-order valence-corrected chi connectivity index (χ3v) is 3.43. The number of nitrogens with zero attached hydrogens (tertiary/aromatic N) is 3. The van der Waals surface area contributed by atoms with Crippen LogP contribution in [0.15, 0.2) is 12.4 Å². The number of hydrogen-bond donors (Lipinski definition) is 0. The Morgan fingerprint density at radius 1 is 1.40 bits per heavy atom. The monoisotopic (exact) mass is 297 g/mol. The first-order chi connectivity index (χ1) is 9.37. The summed E-state index contributed by atoms with van der Waals surface area (Å²) in [5, 5.41) is 0.420. The molecule has 1 aliphatic rings. The van der Waals surface area contributed by atoms with Crippen molar-refractivity contribution >= 4 is 17.7 Å². The van der Waals surface area contributed by atoms with Crippen LogP contribution in [0.25, 0.3) is 0 Å². The minimum Gasteiger partial charge on any atom is -0.444 e. The van der Waals surface area contributed by atoms with Crippen molar-refractivity contribution in [3.8, 4) is 0 Å². The van der Waals surface area contributed by atoms with Gasteiger partial charge in [-0.3, -0.25) is 4.98 Å². The highest BCUT2D eigenvalue weighted by Crippen LogP contribution is 2.29. The molecular formula is C14H20ClN3O2. The van der Waals surface area contributed by atoms with Gasteiger partial charge < -0.3 is 9.64 Å². The lowest BCUT2D eigenvalue weighted by atomic mass is 9.95. The average molecular weight is 298 g/mol. The Bertz CT molecular complexity index is 488. The van der Waals surface area contributed by atoms with Crippen molar-refractivity contribution in [1.82, 2.24) is 14.9 Å². The Balaban J connectivity index is 2.06. The molecule has 20 heavy (non-hydrogen) atoms. The molecule has 0 spiro atoms. The van der Waals surface area contributed by atoms with Crippen molar-refractivity contribution < 1.29 is 9.53 Å². The van der Waals surface area contributed by atoms with E-state index in [0.717, 1.165) is 18.5 Å². The Hall–Kier alpha value is -1.36. The van der Waals surface area contributed by atoms with Gasteiger partial charge in [0, 0.05) is 31.4 Å². The van der Waals surface area contributed by atoms with Crippen molar-refractivity contribution in [1.29, 1.82) is 0 Å². The van der Waals surface area contributed by atoms with Gasteiger partial charge in [-0.15, -0.1) is 0 Å². The van der Waals surface area contributed by atoms with Crippen LogP contribution < -0.4 is 0 Å². The van der Waals surface area contributed by atoms with Gasteiger partial charge in [-0.25, -0.2) is 9.78 Å². The predicted molar refractivity (Wildman–Crippen MR) is 76.8 cm³/mol. The smallest absolute Gasteiger partial charge is 0.410 e. The fourth-order valence-corrected chi connectivity index (χ4v) is 2.56. The SMILES string of the molecule is CC(C)(C)OC(=O)N1CCCC(c2nccnc2Cl)C1. The summed E-state index contributed by atoms with van der Waals surface area (Å²) in [7, 11) is 0. The van der Waals surface area contributed by atoms with E-state index in [1.807, 2.05) is 20.8 Å². The second-order valence-electron chi connectivity index (χ2n) is 6.00. The number of rotatable bonds is 1. The molecule has 2 rings (SSSR count). The largest absolute Gasteiger partial charge is 0.444 e. The summed E-state index contributed by atoms with van der Waals surface area (Å²) in [6.45, 7) is 6.89. The van der Waals surface area contributed by atoms with E-state index < -0.39 is 5.60 Å². The number of likely N-dealkylation sites (tertiary alicyclic amines) is 1. The molecule has 0 saturated carbocycles. The molecule has 0 aromatic carbocycles. The van der Waals surface area contributed by atoms with Gasteiger partial charge in [-0.05, 0) is 33.6 Å². The zero-order valence-electron chi connectivity index (χ0n) is 12.1.